The van der Waals surface area contributed by atoms with Gasteiger partial charge in [0.05, 0.1) is 11.7 Å². The summed E-state index contributed by atoms with van der Waals surface area (Å²) in [7, 11) is 5.97. The van der Waals surface area contributed by atoms with Crippen molar-refractivity contribution in [3.05, 3.63) is 24.3 Å². The highest BCUT2D eigenvalue weighted by atomic mass is 16.2. The van der Waals surface area contributed by atoms with Crippen molar-refractivity contribution in [3.8, 4) is 0 Å². The molecule has 0 bridgehead atoms. The number of aryl methyl sites for hydroxylation is 1. The van der Waals surface area contributed by atoms with E-state index in [-0.39, 0.29) is 18.5 Å². The lowest BCUT2D eigenvalue weighted by Gasteiger charge is -2.40. The highest BCUT2D eigenvalue weighted by Crippen LogP contribution is 2.35. The van der Waals surface area contributed by atoms with Crippen molar-refractivity contribution in [2.75, 3.05) is 27.2 Å². The first-order valence-corrected chi connectivity index (χ1v) is 8.19. The summed E-state index contributed by atoms with van der Waals surface area (Å²) in [6.45, 7) is 1.94. The van der Waals surface area contributed by atoms with Crippen LogP contribution in [0, 0.1) is 5.92 Å². The molecule has 3 heterocycles. The third-order valence-corrected chi connectivity index (χ3v) is 4.79. The molecular formula is C15H24N8O. The minimum atomic E-state index is 0.0132. The summed E-state index contributed by atoms with van der Waals surface area (Å²) >= 11 is 0. The first kappa shape index (κ1) is 16.6. The fourth-order valence-electron chi connectivity index (χ4n) is 3.56. The van der Waals surface area contributed by atoms with E-state index >= 15 is 0 Å². The van der Waals surface area contributed by atoms with Crippen molar-refractivity contribution < 1.29 is 4.79 Å². The minimum Gasteiger partial charge on any atom is -0.344 e. The molecule has 0 unspecified atom stereocenters. The number of amides is 1. The van der Waals surface area contributed by atoms with Crippen LogP contribution < -0.4 is 0 Å². The zero-order valence-corrected chi connectivity index (χ0v) is 14.4. The number of likely N-dealkylation sites (N-methyl/N-ethyl adjacent to an activating group) is 1. The largest absolute Gasteiger partial charge is 0.344 e. The van der Waals surface area contributed by atoms with Crippen LogP contribution in [0.5, 0.6) is 0 Å². The lowest BCUT2D eigenvalue weighted by atomic mass is 9.87. The van der Waals surface area contributed by atoms with E-state index in [4.69, 9.17) is 0 Å². The summed E-state index contributed by atoms with van der Waals surface area (Å²) in [6.07, 6.45) is 5.53. The molecule has 0 spiro atoms. The van der Waals surface area contributed by atoms with E-state index in [1.165, 1.54) is 16.7 Å². The Hall–Kier alpha value is -2.29. The molecule has 9 heteroatoms. The number of piperidine rings is 1. The molecule has 2 aromatic rings. The molecule has 130 valence electrons. The number of tetrazole rings is 1. The summed E-state index contributed by atoms with van der Waals surface area (Å²) in [6, 6.07) is 2.34. The number of hydrogen-bond donors (Lipinski definition) is 0. The van der Waals surface area contributed by atoms with Crippen LogP contribution in [-0.2, 0) is 18.4 Å². The number of nitrogens with zero attached hydrogens (tertiary/aromatic N) is 8. The fourth-order valence-corrected chi connectivity index (χ4v) is 3.56. The lowest BCUT2D eigenvalue weighted by Crippen LogP contribution is -2.43. The van der Waals surface area contributed by atoms with Gasteiger partial charge in [0.2, 0.25) is 5.91 Å². The van der Waals surface area contributed by atoms with Crippen molar-refractivity contribution in [1.82, 2.24) is 39.8 Å². The van der Waals surface area contributed by atoms with Gasteiger partial charge in [-0.15, -0.1) is 5.10 Å². The van der Waals surface area contributed by atoms with Crippen LogP contribution in [0.3, 0.4) is 0 Å². The second-order valence-electron chi connectivity index (χ2n) is 6.49. The Labute approximate surface area is 141 Å². The lowest BCUT2D eigenvalue weighted by molar-refractivity contribution is -0.131. The number of likely N-dealkylation sites (tertiary alicyclic amines) is 1. The molecule has 1 fully saturated rings. The standard InChI is InChI=1S/C15H24N8O/c1-20-8-4-5-12(15(20)13-6-7-17-22(13)3)9-21(2)14(24)10-23-11-16-18-19-23/h6-7,11-12,15H,4-5,8-10H2,1-3H3/t12-,15+/m0/s1. The van der Waals surface area contributed by atoms with Gasteiger partial charge >= 0.3 is 0 Å². The summed E-state index contributed by atoms with van der Waals surface area (Å²) in [5.41, 5.74) is 1.20. The molecule has 0 aromatic carbocycles. The molecule has 1 aliphatic heterocycles. The van der Waals surface area contributed by atoms with Gasteiger partial charge < -0.3 is 4.90 Å². The van der Waals surface area contributed by atoms with Crippen LogP contribution >= 0.6 is 0 Å². The summed E-state index contributed by atoms with van der Waals surface area (Å²) in [5.74, 6) is 0.390. The Morgan fingerprint density at radius 1 is 1.42 bits per heavy atom. The monoisotopic (exact) mass is 332 g/mol. The Kier molecular flexibility index (Phi) is 4.89. The van der Waals surface area contributed by atoms with Crippen molar-refractivity contribution in [3.63, 3.8) is 0 Å². The van der Waals surface area contributed by atoms with Crippen LogP contribution in [0.4, 0.5) is 0 Å². The zero-order chi connectivity index (χ0) is 17.1. The van der Waals surface area contributed by atoms with Crippen LogP contribution in [0.15, 0.2) is 18.6 Å². The highest BCUT2D eigenvalue weighted by Gasteiger charge is 2.33. The van der Waals surface area contributed by atoms with Gasteiger partial charge in [0.25, 0.3) is 0 Å². The smallest absolute Gasteiger partial charge is 0.244 e. The van der Waals surface area contributed by atoms with E-state index in [1.54, 1.807) is 4.90 Å². The molecule has 1 aliphatic rings. The van der Waals surface area contributed by atoms with E-state index < -0.39 is 0 Å². The number of carbonyl (C=O) groups is 1. The third-order valence-electron chi connectivity index (χ3n) is 4.79. The first-order valence-electron chi connectivity index (χ1n) is 8.19. The normalized spacial score (nSPS) is 21.8. The maximum Gasteiger partial charge on any atom is 0.244 e. The molecule has 2 atom stereocenters. The molecule has 0 aliphatic carbocycles. The number of carbonyl (C=O) groups excluding carboxylic acids is 1. The number of hydrogen-bond acceptors (Lipinski definition) is 6. The molecule has 9 nitrogen and oxygen atoms in total. The Morgan fingerprint density at radius 2 is 2.25 bits per heavy atom. The number of rotatable bonds is 5. The van der Waals surface area contributed by atoms with E-state index in [1.807, 2.05) is 25.0 Å². The predicted molar refractivity (Wildman–Crippen MR) is 86.8 cm³/mol. The molecule has 2 aromatic heterocycles. The van der Waals surface area contributed by atoms with Crippen molar-refractivity contribution >= 4 is 5.91 Å². The van der Waals surface area contributed by atoms with Gasteiger partial charge in [-0.1, -0.05) is 0 Å². The molecule has 0 radical (unpaired) electrons. The highest BCUT2D eigenvalue weighted by molar-refractivity contribution is 5.75. The van der Waals surface area contributed by atoms with E-state index in [2.05, 4.69) is 38.6 Å². The quantitative estimate of drug-likeness (QED) is 0.763. The van der Waals surface area contributed by atoms with Crippen LogP contribution in [0.2, 0.25) is 0 Å². The summed E-state index contributed by atoms with van der Waals surface area (Å²) in [4.78, 5) is 16.6. The molecule has 24 heavy (non-hydrogen) atoms. The van der Waals surface area contributed by atoms with Crippen molar-refractivity contribution in [2.45, 2.75) is 25.4 Å². The van der Waals surface area contributed by atoms with Crippen molar-refractivity contribution in [1.29, 1.82) is 0 Å². The molecular weight excluding hydrogens is 308 g/mol. The average molecular weight is 332 g/mol. The second kappa shape index (κ2) is 7.08. The van der Waals surface area contributed by atoms with Crippen LogP contribution in [-0.4, -0.2) is 72.9 Å². The molecule has 1 amide bonds. The zero-order valence-electron chi connectivity index (χ0n) is 14.4. The van der Waals surface area contributed by atoms with Gasteiger partial charge in [0.15, 0.2) is 0 Å². The average Bonchev–Trinajstić information content (AvgIpc) is 3.19. The SMILES string of the molecule is CN(C[C@@H]1CCCN(C)[C@H]1c1ccnn1C)C(=O)Cn1cnnn1. The van der Waals surface area contributed by atoms with Gasteiger partial charge in [0, 0.05) is 26.8 Å². The van der Waals surface area contributed by atoms with E-state index in [0.717, 1.165) is 19.4 Å². The molecule has 1 saturated heterocycles. The fraction of sp³-hybridized carbons (Fsp3) is 0.667. The van der Waals surface area contributed by atoms with Gasteiger partial charge in [-0.05, 0) is 48.8 Å². The number of aromatic nitrogens is 6. The van der Waals surface area contributed by atoms with Crippen molar-refractivity contribution in [2.24, 2.45) is 13.0 Å². The Bertz CT molecular complexity index is 667. The molecule has 3 rings (SSSR count). The Balaban J connectivity index is 1.69. The Morgan fingerprint density at radius 3 is 2.92 bits per heavy atom. The second-order valence-corrected chi connectivity index (χ2v) is 6.49. The van der Waals surface area contributed by atoms with Crippen LogP contribution in [0.1, 0.15) is 24.6 Å². The minimum absolute atomic E-state index is 0.0132. The van der Waals surface area contributed by atoms with E-state index in [9.17, 15) is 4.79 Å². The molecule has 0 saturated carbocycles. The third kappa shape index (κ3) is 3.45. The maximum atomic E-state index is 12.4. The van der Waals surface area contributed by atoms with Gasteiger partial charge in [-0.25, -0.2) is 4.68 Å². The topological polar surface area (TPSA) is 85.0 Å². The van der Waals surface area contributed by atoms with Gasteiger partial charge in [0.1, 0.15) is 12.9 Å². The van der Waals surface area contributed by atoms with Gasteiger partial charge in [-0.2, -0.15) is 5.10 Å². The van der Waals surface area contributed by atoms with Gasteiger partial charge in [-0.3, -0.25) is 14.4 Å². The van der Waals surface area contributed by atoms with E-state index in [0.29, 0.717) is 12.5 Å². The van der Waals surface area contributed by atoms with Crippen LogP contribution in [0.25, 0.3) is 0 Å². The maximum absolute atomic E-state index is 12.4. The summed E-state index contributed by atoms with van der Waals surface area (Å²) < 4.78 is 3.38. The molecule has 0 N–H and O–H groups in total. The summed E-state index contributed by atoms with van der Waals surface area (Å²) in [5, 5.41) is 15.2. The predicted octanol–water partition coefficient (Wildman–Crippen LogP) is -0.0519. The first-order chi connectivity index (χ1) is 11.6.